The Bertz CT molecular complexity index is 598. The van der Waals surface area contributed by atoms with Gasteiger partial charge in [0.15, 0.2) is 0 Å². The molecule has 2 heterocycles. The smallest absolute Gasteiger partial charge is 0.243 e. The summed E-state index contributed by atoms with van der Waals surface area (Å²) in [4.78, 5) is 16.4. The molecule has 6 nitrogen and oxygen atoms in total. The van der Waals surface area contributed by atoms with Crippen LogP contribution in [0.1, 0.15) is 31.7 Å². The van der Waals surface area contributed by atoms with Gasteiger partial charge < -0.3 is 5.32 Å². The first-order valence-corrected chi connectivity index (χ1v) is 8.78. The van der Waals surface area contributed by atoms with Gasteiger partial charge in [-0.1, -0.05) is 13.0 Å². The van der Waals surface area contributed by atoms with E-state index < -0.39 is 16.1 Å². The number of anilines is 1. The first-order chi connectivity index (χ1) is 9.94. The Kier molecular flexibility index (Phi) is 4.95. The zero-order chi connectivity index (χ0) is 15.5. The Labute approximate surface area is 125 Å². The van der Waals surface area contributed by atoms with Crippen LogP contribution in [0.2, 0.25) is 0 Å². The molecule has 1 aliphatic heterocycles. The lowest BCUT2D eigenvalue weighted by Gasteiger charge is -2.22. The van der Waals surface area contributed by atoms with Gasteiger partial charge in [-0.15, -0.1) is 0 Å². The van der Waals surface area contributed by atoms with Crippen LogP contribution in [0.5, 0.6) is 0 Å². The van der Waals surface area contributed by atoms with Gasteiger partial charge in [0, 0.05) is 12.7 Å². The van der Waals surface area contributed by atoms with Crippen LogP contribution in [-0.2, 0) is 14.8 Å². The van der Waals surface area contributed by atoms with Crippen LogP contribution in [-0.4, -0.2) is 42.0 Å². The summed E-state index contributed by atoms with van der Waals surface area (Å²) < 4.78 is 25.7. The maximum Gasteiger partial charge on any atom is 0.243 e. The summed E-state index contributed by atoms with van der Waals surface area (Å²) >= 11 is 0. The number of aromatic nitrogens is 1. The van der Waals surface area contributed by atoms with Crippen molar-refractivity contribution in [1.82, 2.24) is 9.29 Å². The zero-order valence-corrected chi connectivity index (χ0v) is 13.2. The largest absolute Gasteiger partial charge is 0.309 e. The summed E-state index contributed by atoms with van der Waals surface area (Å²) in [5.41, 5.74) is 1.00. The van der Waals surface area contributed by atoms with Crippen molar-refractivity contribution in [3.8, 4) is 0 Å². The first kappa shape index (κ1) is 15.9. The summed E-state index contributed by atoms with van der Waals surface area (Å²) in [5, 5.41) is 2.70. The fraction of sp³-hybridized carbons (Fsp3) is 0.571. The van der Waals surface area contributed by atoms with Crippen molar-refractivity contribution < 1.29 is 13.2 Å². The van der Waals surface area contributed by atoms with E-state index >= 15 is 0 Å². The molecule has 1 atom stereocenters. The molecule has 1 aliphatic rings. The minimum atomic E-state index is -3.35. The van der Waals surface area contributed by atoms with Crippen LogP contribution in [0.4, 0.5) is 5.82 Å². The summed E-state index contributed by atoms with van der Waals surface area (Å²) in [7, 11) is -3.35. The van der Waals surface area contributed by atoms with E-state index in [0.717, 1.165) is 5.56 Å². The molecule has 1 saturated heterocycles. The van der Waals surface area contributed by atoms with Crippen LogP contribution in [0.3, 0.4) is 0 Å². The van der Waals surface area contributed by atoms with Gasteiger partial charge in [-0.25, -0.2) is 13.4 Å². The second-order valence-corrected chi connectivity index (χ2v) is 7.34. The lowest BCUT2D eigenvalue weighted by Crippen LogP contribution is -2.44. The van der Waals surface area contributed by atoms with E-state index in [2.05, 4.69) is 10.3 Å². The number of carbonyl (C=O) groups excluding carboxylic acids is 1. The Morgan fingerprint density at radius 3 is 2.86 bits per heavy atom. The zero-order valence-electron chi connectivity index (χ0n) is 12.4. The van der Waals surface area contributed by atoms with Crippen molar-refractivity contribution in [1.29, 1.82) is 0 Å². The highest BCUT2D eigenvalue weighted by atomic mass is 32.2. The molecular formula is C14H21N3O3S. The maximum atomic E-state index is 12.3. The standard InChI is InChI=1S/C14H21N3O3S/c1-3-9-21(19,20)17-8-4-5-12(17)14(18)16-13-7-6-11(2)10-15-13/h6-7,10,12H,3-5,8-9H2,1-2H3,(H,15,16,18). The molecule has 0 aromatic carbocycles. The second kappa shape index (κ2) is 6.53. The number of carbonyl (C=O) groups is 1. The molecule has 0 radical (unpaired) electrons. The molecule has 1 N–H and O–H groups in total. The molecule has 1 amide bonds. The van der Waals surface area contributed by atoms with Gasteiger partial charge in [0.05, 0.1) is 5.75 Å². The average molecular weight is 311 g/mol. The summed E-state index contributed by atoms with van der Waals surface area (Å²) in [6.07, 6.45) is 3.48. The highest BCUT2D eigenvalue weighted by Gasteiger charge is 2.38. The Balaban J connectivity index is 2.09. The number of rotatable bonds is 5. The highest BCUT2D eigenvalue weighted by Crippen LogP contribution is 2.23. The van der Waals surface area contributed by atoms with Gasteiger partial charge in [0.2, 0.25) is 15.9 Å². The van der Waals surface area contributed by atoms with Gasteiger partial charge in [-0.3, -0.25) is 4.79 Å². The summed E-state index contributed by atoms with van der Waals surface area (Å²) in [5.74, 6) is 0.230. The van der Waals surface area contributed by atoms with Crippen LogP contribution >= 0.6 is 0 Å². The SMILES string of the molecule is CCCS(=O)(=O)N1CCCC1C(=O)Nc1ccc(C)cn1. The fourth-order valence-corrected chi connectivity index (χ4v) is 4.21. The topological polar surface area (TPSA) is 79.4 Å². The quantitative estimate of drug-likeness (QED) is 0.894. The number of nitrogens with one attached hydrogen (secondary N) is 1. The Morgan fingerprint density at radius 2 is 2.24 bits per heavy atom. The Hall–Kier alpha value is -1.47. The second-order valence-electron chi connectivity index (χ2n) is 5.29. The van der Waals surface area contributed by atoms with Crippen molar-refractivity contribution in [2.75, 3.05) is 17.6 Å². The van der Waals surface area contributed by atoms with E-state index in [9.17, 15) is 13.2 Å². The molecule has 0 saturated carbocycles. The third-order valence-corrected chi connectivity index (χ3v) is 5.56. The monoisotopic (exact) mass is 311 g/mol. The van der Waals surface area contributed by atoms with Gasteiger partial charge in [0.25, 0.3) is 0 Å². The molecule has 1 aromatic heterocycles. The van der Waals surface area contributed by atoms with Crippen molar-refractivity contribution in [2.45, 2.75) is 39.2 Å². The number of sulfonamides is 1. The van der Waals surface area contributed by atoms with Crippen LogP contribution in [0.25, 0.3) is 0 Å². The van der Waals surface area contributed by atoms with Gasteiger partial charge >= 0.3 is 0 Å². The minimum absolute atomic E-state index is 0.0829. The van der Waals surface area contributed by atoms with Crippen molar-refractivity contribution in [2.24, 2.45) is 0 Å². The molecular weight excluding hydrogens is 290 g/mol. The van der Waals surface area contributed by atoms with Crippen molar-refractivity contribution >= 4 is 21.7 Å². The predicted octanol–water partition coefficient (Wildman–Crippen LogP) is 1.53. The van der Waals surface area contributed by atoms with E-state index in [1.165, 1.54) is 4.31 Å². The first-order valence-electron chi connectivity index (χ1n) is 7.17. The predicted molar refractivity (Wildman–Crippen MR) is 81.4 cm³/mol. The molecule has 21 heavy (non-hydrogen) atoms. The molecule has 116 valence electrons. The summed E-state index contributed by atoms with van der Waals surface area (Å²) in [6, 6.07) is 2.94. The number of nitrogens with zero attached hydrogens (tertiary/aromatic N) is 2. The van der Waals surface area contributed by atoms with E-state index in [0.29, 0.717) is 31.6 Å². The molecule has 1 unspecified atom stereocenters. The van der Waals surface area contributed by atoms with Crippen molar-refractivity contribution in [3.63, 3.8) is 0 Å². The normalized spacial score (nSPS) is 19.6. The van der Waals surface area contributed by atoms with E-state index in [4.69, 9.17) is 0 Å². The molecule has 0 aliphatic carbocycles. The number of hydrogen-bond acceptors (Lipinski definition) is 4. The van der Waals surface area contributed by atoms with Gasteiger partial charge in [-0.2, -0.15) is 4.31 Å². The van der Waals surface area contributed by atoms with Gasteiger partial charge in [0.1, 0.15) is 11.9 Å². The van der Waals surface area contributed by atoms with Crippen molar-refractivity contribution in [3.05, 3.63) is 23.9 Å². The van der Waals surface area contributed by atoms with E-state index in [1.807, 2.05) is 19.9 Å². The molecule has 2 rings (SSSR count). The fourth-order valence-electron chi connectivity index (χ4n) is 2.46. The van der Waals surface area contributed by atoms with Crippen LogP contribution in [0.15, 0.2) is 18.3 Å². The third kappa shape index (κ3) is 3.79. The van der Waals surface area contributed by atoms with Gasteiger partial charge in [-0.05, 0) is 37.8 Å². The van der Waals surface area contributed by atoms with Crippen LogP contribution in [0, 0.1) is 6.92 Å². The van der Waals surface area contributed by atoms with Crippen LogP contribution < -0.4 is 5.32 Å². The highest BCUT2D eigenvalue weighted by molar-refractivity contribution is 7.89. The average Bonchev–Trinajstić information content (AvgIpc) is 2.91. The molecule has 7 heteroatoms. The molecule has 0 spiro atoms. The Morgan fingerprint density at radius 1 is 1.48 bits per heavy atom. The number of hydrogen-bond donors (Lipinski definition) is 1. The molecule has 1 fully saturated rings. The number of aryl methyl sites for hydroxylation is 1. The van der Waals surface area contributed by atoms with E-state index in [1.54, 1.807) is 12.3 Å². The minimum Gasteiger partial charge on any atom is -0.309 e. The lowest BCUT2D eigenvalue weighted by molar-refractivity contribution is -0.119. The molecule has 0 bridgehead atoms. The number of pyridine rings is 1. The third-order valence-electron chi connectivity index (χ3n) is 3.49. The lowest BCUT2D eigenvalue weighted by atomic mass is 10.2. The maximum absolute atomic E-state index is 12.3. The van der Waals surface area contributed by atoms with E-state index in [-0.39, 0.29) is 11.7 Å². The molecule has 1 aromatic rings. The summed E-state index contributed by atoms with van der Waals surface area (Å²) in [6.45, 7) is 4.15. The number of amides is 1.